The molecule has 2 nitrogen and oxygen atoms in total. The molecule has 3 heteroatoms. The monoisotopic (exact) mass is 162 g/mol. The van der Waals surface area contributed by atoms with Crippen molar-refractivity contribution in [1.82, 2.24) is 0 Å². The molecule has 0 aliphatic heterocycles. The molecule has 0 aromatic carbocycles. The summed E-state index contributed by atoms with van der Waals surface area (Å²) in [5.74, 6) is -0.561. The highest BCUT2D eigenvalue weighted by Crippen LogP contribution is 2.24. The van der Waals surface area contributed by atoms with E-state index in [-0.39, 0.29) is 5.41 Å². The standard InChI is InChI=1S/C7H11ClO2/c1-5(6(9)10-8)7(2,3)4/h1H2,2-4H3. The van der Waals surface area contributed by atoms with Gasteiger partial charge in [0, 0.05) is 5.57 Å². The molecule has 0 saturated carbocycles. The Morgan fingerprint density at radius 1 is 1.50 bits per heavy atom. The van der Waals surface area contributed by atoms with Crippen LogP contribution in [0.15, 0.2) is 12.2 Å². The molecule has 0 fully saturated rings. The maximum Gasteiger partial charge on any atom is 0.352 e. The summed E-state index contributed by atoms with van der Waals surface area (Å²) in [6, 6.07) is 0. The van der Waals surface area contributed by atoms with Gasteiger partial charge in [-0.1, -0.05) is 27.4 Å². The Balaban J connectivity index is 4.24. The summed E-state index contributed by atoms with van der Waals surface area (Å²) >= 11 is 4.84. The normalized spacial score (nSPS) is 10.8. The van der Waals surface area contributed by atoms with Crippen LogP contribution in [0.1, 0.15) is 20.8 Å². The first-order valence-electron chi connectivity index (χ1n) is 2.92. The van der Waals surface area contributed by atoms with Gasteiger partial charge in [-0.2, -0.15) is 0 Å². The van der Waals surface area contributed by atoms with Crippen LogP contribution < -0.4 is 0 Å². The Morgan fingerprint density at radius 2 is 1.90 bits per heavy atom. The molecule has 10 heavy (non-hydrogen) atoms. The van der Waals surface area contributed by atoms with E-state index in [9.17, 15) is 4.79 Å². The van der Waals surface area contributed by atoms with Gasteiger partial charge in [0.15, 0.2) is 0 Å². The van der Waals surface area contributed by atoms with E-state index >= 15 is 0 Å². The van der Waals surface area contributed by atoms with Gasteiger partial charge in [-0.15, -0.1) is 0 Å². The summed E-state index contributed by atoms with van der Waals surface area (Å²) in [6.07, 6.45) is 0. The lowest BCUT2D eigenvalue weighted by atomic mass is 9.88. The molecule has 0 amide bonds. The Hall–Kier alpha value is -0.500. The topological polar surface area (TPSA) is 26.3 Å². The average Bonchev–Trinajstić information content (AvgIpc) is 1.83. The van der Waals surface area contributed by atoms with Crippen molar-refractivity contribution in [3.8, 4) is 0 Å². The van der Waals surface area contributed by atoms with E-state index < -0.39 is 5.97 Å². The Morgan fingerprint density at radius 3 is 2.00 bits per heavy atom. The quantitative estimate of drug-likeness (QED) is 0.553. The number of hydrogen-bond donors (Lipinski definition) is 0. The van der Waals surface area contributed by atoms with E-state index in [4.69, 9.17) is 11.9 Å². The molecule has 0 aliphatic rings. The summed E-state index contributed by atoms with van der Waals surface area (Å²) in [5, 5.41) is 0. The summed E-state index contributed by atoms with van der Waals surface area (Å²) in [5.41, 5.74) is 0.105. The third kappa shape index (κ3) is 2.40. The maximum atomic E-state index is 10.7. The smallest absolute Gasteiger partial charge is 0.343 e. The van der Waals surface area contributed by atoms with Crippen molar-refractivity contribution in [2.75, 3.05) is 0 Å². The maximum absolute atomic E-state index is 10.7. The van der Waals surface area contributed by atoms with Crippen LogP contribution in [0.3, 0.4) is 0 Å². The molecule has 0 heterocycles. The lowest BCUT2D eigenvalue weighted by Crippen LogP contribution is -2.16. The second-order valence-electron chi connectivity index (χ2n) is 3.09. The summed E-state index contributed by atoms with van der Waals surface area (Å²) < 4.78 is 3.97. The highest BCUT2D eigenvalue weighted by Gasteiger charge is 2.22. The van der Waals surface area contributed by atoms with Gasteiger partial charge in [-0.25, -0.2) is 4.79 Å². The van der Waals surface area contributed by atoms with Crippen LogP contribution in [-0.4, -0.2) is 5.97 Å². The molecule has 0 radical (unpaired) electrons. The minimum atomic E-state index is -0.561. The van der Waals surface area contributed by atoms with Gasteiger partial charge in [-0.05, 0) is 5.41 Å². The van der Waals surface area contributed by atoms with Crippen molar-refractivity contribution in [1.29, 1.82) is 0 Å². The molecule has 0 aromatic rings. The highest BCUT2D eigenvalue weighted by molar-refractivity contribution is 6.15. The van der Waals surface area contributed by atoms with Crippen molar-refractivity contribution in [2.45, 2.75) is 20.8 Å². The van der Waals surface area contributed by atoms with Crippen LogP contribution >= 0.6 is 11.9 Å². The molecule has 58 valence electrons. The van der Waals surface area contributed by atoms with E-state index in [0.717, 1.165) is 0 Å². The van der Waals surface area contributed by atoms with Crippen molar-refractivity contribution in [2.24, 2.45) is 5.41 Å². The van der Waals surface area contributed by atoms with Crippen LogP contribution in [0.2, 0.25) is 0 Å². The second kappa shape index (κ2) is 3.06. The van der Waals surface area contributed by atoms with Gasteiger partial charge < -0.3 is 4.29 Å². The summed E-state index contributed by atoms with van der Waals surface area (Å²) in [6.45, 7) is 9.13. The number of rotatable bonds is 1. The van der Waals surface area contributed by atoms with Gasteiger partial charge in [0.2, 0.25) is 0 Å². The third-order valence-electron chi connectivity index (χ3n) is 1.22. The Labute approximate surface area is 66.0 Å². The fraction of sp³-hybridized carbons (Fsp3) is 0.571. The zero-order chi connectivity index (χ0) is 8.36. The Bertz CT molecular complexity index is 155. The van der Waals surface area contributed by atoms with Crippen LogP contribution in [0.4, 0.5) is 0 Å². The molecule has 0 N–H and O–H groups in total. The highest BCUT2D eigenvalue weighted by atomic mass is 35.5. The molecular formula is C7H11ClO2. The molecule has 0 spiro atoms. The minimum Gasteiger partial charge on any atom is -0.343 e. The average molecular weight is 163 g/mol. The van der Waals surface area contributed by atoms with Crippen LogP contribution in [0.5, 0.6) is 0 Å². The minimum absolute atomic E-state index is 0.272. The van der Waals surface area contributed by atoms with E-state index in [0.29, 0.717) is 5.57 Å². The lowest BCUT2D eigenvalue weighted by Gasteiger charge is -2.17. The number of halogens is 1. The lowest BCUT2D eigenvalue weighted by molar-refractivity contribution is -0.130. The molecule has 0 aliphatic carbocycles. The predicted octanol–water partition coefficient (Wildman–Crippen LogP) is 2.29. The van der Waals surface area contributed by atoms with E-state index in [1.165, 1.54) is 0 Å². The molecule has 0 saturated heterocycles. The zero-order valence-corrected chi connectivity index (χ0v) is 7.16. The van der Waals surface area contributed by atoms with Gasteiger partial charge in [0.1, 0.15) is 11.9 Å². The Kier molecular flexibility index (Phi) is 2.91. The first-order chi connectivity index (χ1) is 4.39. The fourth-order valence-electron chi connectivity index (χ4n) is 0.353. The van der Waals surface area contributed by atoms with E-state index in [1.54, 1.807) is 0 Å². The number of carbonyl (C=O) groups excluding carboxylic acids is 1. The van der Waals surface area contributed by atoms with Crippen LogP contribution in [0, 0.1) is 5.41 Å². The van der Waals surface area contributed by atoms with Crippen LogP contribution in [0.25, 0.3) is 0 Å². The van der Waals surface area contributed by atoms with E-state index in [1.807, 2.05) is 20.8 Å². The first kappa shape index (κ1) is 9.50. The number of hydrogen-bond acceptors (Lipinski definition) is 2. The first-order valence-corrected chi connectivity index (χ1v) is 3.22. The summed E-state index contributed by atoms with van der Waals surface area (Å²) in [4.78, 5) is 10.7. The van der Waals surface area contributed by atoms with Gasteiger partial charge in [-0.3, -0.25) is 0 Å². The van der Waals surface area contributed by atoms with Crippen molar-refractivity contribution >= 4 is 17.8 Å². The molecule has 0 aromatic heterocycles. The van der Waals surface area contributed by atoms with Gasteiger partial charge in [0.25, 0.3) is 0 Å². The van der Waals surface area contributed by atoms with Crippen molar-refractivity contribution < 1.29 is 9.08 Å². The van der Waals surface area contributed by atoms with E-state index in [2.05, 4.69) is 10.9 Å². The summed E-state index contributed by atoms with van der Waals surface area (Å²) in [7, 11) is 0. The largest absolute Gasteiger partial charge is 0.352 e. The van der Waals surface area contributed by atoms with Gasteiger partial charge >= 0.3 is 5.97 Å². The molecule has 0 bridgehead atoms. The SMILES string of the molecule is C=C(C(=O)OCl)C(C)(C)C. The third-order valence-corrected chi connectivity index (χ3v) is 1.36. The predicted molar refractivity (Wildman–Crippen MR) is 40.5 cm³/mol. The fourth-order valence-corrected chi connectivity index (χ4v) is 0.446. The molecule has 0 rings (SSSR count). The second-order valence-corrected chi connectivity index (χ2v) is 3.25. The number of carbonyl (C=O) groups is 1. The van der Waals surface area contributed by atoms with Gasteiger partial charge in [0.05, 0.1) is 0 Å². The van der Waals surface area contributed by atoms with Crippen molar-refractivity contribution in [3.63, 3.8) is 0 Å². The zero-order valence-electron chi connectivity index (χ0n) is 6.40. The molecular weight excluding hydrogens is 152 g/mol. The van der Waals surface area contributed by atoms with Crippen molar-refractivity contribution in [3.05, 3.63) is 12.2 Å². The molecule has 0 unspecified atom stereocenters. The van der Waals surface area contributed by atoms with Crippen LogP contribution in [-0.2, 0) is 9.08 Å². The molecule has 0 atom stereocenters.